The zero-order valence-electron chi connectivity index (χ0n) is 21.8. The summed E-state index contributed by atoms with van der Waals surface area (Å²) in [6.07, 6.45) is 3.22. The van der Waals surface area contributed by atoms with Gasteiger partial charge in [0.15, 0.2) is 0 Å². The molecule has 7 heteroatoms. The average Bonchev–Trinajstić information content (AvgIpc) is 3.14. The second-order valence-corrected chi connectivity index (χ2v) is 9.95. The zero-order chi connectivity index (χ0) is 26.7. The Morgan fingerprint density at radius 3 is 2.30 bits per heavy atom. The Hall–Kier alpha value is -4.13. The van der Waals surface area contributed by atoms with E-state index in [2.05, 4.69) is 25.8 Å². The van der Waals surface area contributed by atoms with Crippen molar-refractivity contribution in [3.63, 3.8) is 0 Å². The third kappa shape index (κ3) is 5.21. The van der Waals surface area contributed by atoms with Crippen LogP contribution >= 0.6 is 0 Å². The van der Waals surface area contributed by atoms with E-state index in [9.17, 15) is 14.7 Å². The molecule has 1 aliphatic rings. The summed E-state index contributed by atoms with van der Waals surface area (Å²) in [6, 6.07) is 15.4. The number of amides is 1. The van der Waals surface area contributed by atoms with Crippen LogP contribution < -0.4 is 9.47 Å². The highest BCUT2D eigenvalue weighted by Gasteiger charge is 2.46. The maximum absolute atomic E-state index is 13.4. The van der Waals surface area contributed by atoms with Crippen molar-refractivity contribution in [1.82, 2.24) is 9.88 Å². The molecule has 1 aliphatic heterocycles. The molecule has 4 rings (SSSR count). The summed E-state index contributed by atoms with van der Waals surface area (Å²) in [4.78, 5) is 32.3. The molecule has 7 nitrogen and oxygen atoms in total. The fourth-order valence-corrected chi connectivity index (χ4v) is 4.56. The van der Waals surface area contributed by atoms with E-state index in [0.717, 1.165) is 16.9 Å². The average molecular weight is 501 g/mol. The van der Waals surface area contributed by atoms with Crippen LogP contribution in [0.2, 0.25) is 0 Å². The van der Waals surface area contributed by atoms with Crippen molar-refractivity contribution in [2.24, 2.45) is 0 Å². The molecule has 1 saturated heterocycles. The molecule has 1 fully saturated rings. The first-order valence-corrected chi connectivity index (χ1v) is 12.2. The normalized spacial score (nSPS) is 17.2. The maximum atomic E-state index is 13.4. The molecule has 2 aromatic carbocycles. The Morgan fingerprint density at radius 2 is 1.70 bits per heavy atom. The van der Waals surface area contributed by atoms with Crippen LogP contribution in [0.4, 0.5) is 0 Å². The third-order valence-electron chi connectivity index (χ3n) is 6.43. The zero-order valence-corrected chi connectivity index (χ0v) is 21.8. The second-order valence-electron chi connectivity index (χ2n) is 9.95. The van der Waals surface area contributed by atoms with Crippen molar-refractivity contribution in [2.75, 3.05) is 13.7 Å². The second kappa shape index (κ2) is 10.5. The van der Waals surface area contributed by atoms with Gasteiger partial charge in [-0.05, 0) is 65.9 Å². The van der Waals surface area contributed by atoms with Gasteiger partial charge in [0.1, 0.15) is 17.3 Å². The molecule has 1 atom stereocenters. The number of carbonyl (C=O) groups is 2. The van der Waals surface area contributed by atoms with Gasteiger partial charge in [-0.2, -0.15) is 0 Å². The first-order valence-electron chi connectivity index (χ1n) is 12.2. The van der Waals surface area contributed by atoms with Gasteiger partial charge < -0.3 is 19.5 Å². The standard InChI is InChI=1S/C30H32N2O5/c1-6-37-24-12-9-21(17-23(24)30(2,3)4)27(33)25-26(20-13-15-31-16-14-20)32(29(35)28(25)34)18-19-7-10-22(36-5)11-8-19/h7-17,26,33H,6,18H2,1-5H3/b27-25-. The highest BCUT2D eigenvalue weighted by molar-refractivity contribution is 6.46. The smallest absolute Gasteiger partial charge is 0.295 e. The van der Waals surface area contributed by atoms with E-state index in [-0.39, 0.29) is 23.3 Å². The van der Waals surface area contributed by atoms with Crippen molar-refractivity contribution < 1.29 is 24.2 Å². The highest BCUT2D eigenvalue weighted by Crippen LogP contribution is 2.41. The Morgan fingerprint density at radius 1 is 1.03 bits per heavy atom. The van der Waals surface area contributed by atoms with Gasteiger partial charge in [0, 0.05) is 30.1 Å². The third-order valence-corrected chi connectivity index (χ3v) is 6.43. The van der Waals surface area contributed by atoms with Crippen LogP contribution in [0.1, 0.15) is 56.0 Å². The first kappa shape index (κ1) is 25.9. The van der Waals surface area contributed by atoms with Gasteiger partial charge in [-0.1, -0.05) is 32.9 Å². The maximum Gasteiger partial charge on any atom is 0.295 e. The van der Waals surface area contributed by atoms with E-state index in [1.165, 1.54) is 4.90 Å². The minimum atomic E-state index is -0.769. The number of aliphatic hydroxyl groups is 1. The number of ether oxygens (including phenoxy) is 2. The van der Waals surface area contributed by atoms with Crippen molar-refractivity contribution in [1.29, 1.82) is 0 Å². The SMILES string of the molecule is CCOc1ccc(/C(O)=C2/C(=O)C(=O)N(Cc3ccc(OC)cc3)C2c2ccncc2)cc1C(C)(C)C. The van der Waals surface area contributed by atoms with Crippen LogP contribution in [-0.2, 0) is 21.5 Å². The summed E-state index contributed by atoms with van der Waals surface area (Å²) in [7, 11) is 1.59. The van der Waals surface area contributed by atoms with E-state index >= 15 is 0 Å². The predicted molar refractivity (Wildman–Crippen MR) is 141 cm³/mol. The number of hydrogen-bond donors (Lipinski definition) is 1. The van der Waals surface area contributed by atoms with Gasteiger partial charge in [-0.15, -0.1) is 0 Å². The van der Waals surface area contributed by atoms with Crippen molar-refractivity contribution in [2.45, 2.75) is 45.7 Å². The fourth-order valence-electron chi connectivity index (χ4n) is 4.56. The molecule has 37 heavy (non-hydrogen) atoms. The monoisotopic (exact) mass is 500 g/mol. The van der Waals surface area contributed by atoms with E-state index in [1.54, 1.807) is 55.9 Å². The summed E-state index contributed by atoms with van der Waals surface area (Å²) in [5, 5.41) is 11.5. The number of rotatable bonds is 7. The molecule has 0 radical (unpaired) electrons. The topological polar surface area (TPSA) is 89.0 Å². The van der Waals surface area contributed by atoms with E-state index in [0.29, 0.717) is 23.5 Å². The lowest BCUT2D eigenvalue weighted by Gasteiger charge is -2.26. The number of Topliss-reactive ketones (excluding diaryl/α,β-unsaturated/α-hetero) is 1. The molecule has 0 aliphatic carbocycles. The van der Waals surface area contributed by atoms with Gasteiger partial charge in [0.2, 0.25) is 0 Å². The van der Waals surface area contributed by atoms with Crippen molar-refractivity contribution in [3.05, 3.63) is 94.8 Å². The lowest BCUT2D eigenvalue weighted by molar-refractivity contribution is -0.140. The number of pyridine rings is 1. The van der Waals surface area contributed by atoms with Crippen molar-refractivity contribution in [3.8, 4) is 11.5 Å². The Balaban J connectivity index is 1.84. The van der Waals surface area contributed by atoms with Gasteiger partial charge in [-0.3, -0.25) is 14.6 Å². The van der Waals surface area contributed by atoms with Crippen LogP contribution in [0.3, 0.4) is 0 Å². The number of likely N-dealkylation sites (tertiary alicyclic amines) is 1. The molecular weight excluding hydrogens is 468 g/mol. The molecule has 192 valence electrons. The molecule has 0 spiro atoms. The Kier molecular flexibility index (Phi) is 7.34. The van der Waals surface area contributed by atoms with Gasteiger partial charge in [0.25, 0.3) is 11.7 Å². The Bertz CT molecular complexity index is 1320. The highest BCUT2D eigenvalue weighted by atomic mass is 16.5. The quantitative estimate of drug-likeness (QED) is 0.265. The number of nitrogens with zero attached hydrogens (tertiary/aromatic N) is 2. The van der Waals surface area contributed by atoms with Crippen LogP contribution in [0.5, 0.6) is 11.5 Å². The fraction of sp³-hybridized carbons (Fsp3) is 0.300. The lowest BCUT2D eigenvalue weighted by atomic mass is 9.84. The van der Waals surface area contributed by atoms with Crippen LogP contribution in [0, 0.1) is 0 Å². The minimum absolute atomic E-state index is 0.0498. The molecule has 0 saturated carbocycles. The van der Waals surface area contributed by atoms with E-state index < -0.39 is 17.7 Å². The van der Waals surface area contributed by atoms with Gasteiger partial charge in [-0.25, -0.2) is 0 Å². The van der Waals surface area contributed by atoms with Gasteiger partial charge >= 0.3 is 0 Å². The molecule has 1 aromatic heterocycles. The Labute approximate surface area is 217 Å². The molecule has 1 unspecified atom stereocenters. The first-order chi connectivity index (χ1) is 17.7. The summed E-state index contributed by atoms with van der Waals surface area (Å²) < 4.78 is 11.0. The number of carbonyl (C=O) groups excluding carboxylic acids is 2. The molecular formula is C30H32N2O5. The molecule has 2 heterocycles. The molecule has 1 N–H and O–H groups in total. The summed E-state index contributed by atoms with van der Waals surface area (Å²) >= 11 is 0. The molecule has 3 aromatic rings. The number of ketones is 1. The van der Waals surface area contributed by atoms with Crippen LogP contribution in [0.15, 0.2) is 72.6 Å². The largest absolute Gasteiger partial charge is 0.507 e. The van der Waals surface area contributed by atoms with Crippen LogP contribution in [-0.4, -0.2) is 40.4 Å². The summed E-state index contributed by atoms with van der Waals surface area (Å²) in [5.41, 5.74) is 2.64. The summed E-state index contributed by atoms with van der Waals surface area (Å²) in [5.74, 6) is -0.190. The summed E-state index contributed by atoms with van der Waals surface area (Å²) in [6.45, 7) is 8.78. The molecule has 0 bridgehead atoms. The molecule has 1 amide bonds. The number of aromatic nitrogens is 1. The number of benzene rings is 2. The lowest BCUT2D eigenvalue weighted by Crippen LogP contribution is -2.29. The number of methoxy groups -OCH3 is 1. The van der Waals surface area contributed by atoms with E-state index in [1.807, 2.05) is 25.1 Å². The number of aliphatic hydroxyl groups excluding tert-OH is 1. The minimum Gasteiger partial charge on any atom is -0.507 e. The van der Waals surface area contributed by atoms with E-state index in [4.69, 9.17) is 9.47 Å². The number of hydrogen-bond acceptors (Lipinski definition) is 6. The van der Waals surface area contributed by atoms with Crippen LogP contribution in [0.25, 0.3) is 5.76 Å². The van der Waals surface area contributed by atoms with Crippen molar-refractivity contribution >= 4 is 17.4 Å². The predicted octanol–water partition coefficient (Wildman–Crippen LogP) is 5.41. The van der Waals surface area contributed by atoms with Gasteiger partial charge in [0.05, 0.1) is 25.3 Å².